The van der Waals surface area contributed by atoms with Crippen LogP contribution in [0, 0.1) is 6.92 Å². The van der Waals surface area contributed by atoms with Gasteiger partial charge in [-0.25, -0.2) is 14.5 Å². The smallest absolute Gasteiger partial charge is 0.433 e. The summed E-state index contributed by atoms with van der Waals surface area (Å²) in [5.41, 5.74) is 1.04. The summed E-state index contributed by atoms with van der Waals surface area (Å²) in [7, 11) is 0. The molecule has 0 radical (unpaired) electrons. The van der Waals surface area contributed by atoms with Gasteiger partial charge in [-0.05, 0) is 25.5 Å². The standard InChI is InChI=1S/C11H12O6/c1-3-14-11(13)16-17-15-10(12)9-7-5-4-6-8(9)2/h4-7H,3H2,1-2H3. The highest BCUT2D eigenvalue weighted by atomic mass is 17.5. The molecule has 1 aromatic carbocycles. The molecule has 6 heteroatoms. The fraction of sp³-hybridized carbons (Fsp3) is 0.273. The zero-order valence-corrected chi connectivity index (χ0v) is 9.47. The molecule has 0 aliphatic rings. The van der Waals surface area contributed by atoms with Gasteiger partial charge in [0.1, 0.15) is 0 Å². The lowest BCUT2D eigenvalue weighted by Crippen LogP contribution is -2.12. The molecule has 92 valence electrons. The third-order valence-corrected chi connectivity index (χ3v) is 1.84. The molecule has 0 fully saturated rings. The molecule has 0 atom stereocenters. The molecule has 0 amide bonds. The largest absolute Gasteiger partial charge is 0.543 e. The van der Waals surface area contributed by atoms with Crippen LogP contribution in [0.1, 0.15) is 22.8 Å². The number of hydrogen-bond donors (Lipinski definition) is 0. The Morgan fingerprint density at radius 3 is 2.53 bits per heavy atom. The fourth-order valence-corrected chi connectivity index (χ4v) is 1.06. The zero-order chi connectivity index (χ0) is 12.7. The van der Waals surface area contributed by atoms with Gasteiger partial charge in [-0.15, -0.1) is 0 Å². The molecule has 1 rings (SSSR count). The van der Waals surface area contributed by atoms with Crippen molar-refractivity contribution < 1.29 is 29.1 Å². The summed E-state index contributed by atoms with van der Waals surface area (Å²) in [6.45, 7) is 3.47. The Morgan fingerprint density at radius 1 is 1.18 bits per heavy atom. The van der Waals surface area contributed by atoms with Crippen LogP contribution in [0.5, 0.6) is 0 Å². The van der Waals surface area contributed by atoms with Gasteiger partial charge in [0.25, 0.3) is 0 Å². The number of carbonyl (C=O) groups excluding carboxylic acids is 2. The topological polar surface area (TPSA) is 71.1 Å². The normalized spacial score (nSPS) is 9.53. The van der Waals surface area contributed by atoms with Crippen molar-refractivity contribution in [2.45, 2.75) is 13.8 Å². The second kappa shape index (κ2) is 6.49. The predicted molar refractivity (Wildman–Crippen MR) is 55.8 cm³/mol. The van der Waals surface area contributed by atoms with Gasteiger partial charge in [0.05, 0.1) is 17.2 Å². The first-order chi connectivity index (χ1) is 8.15. The van der Waals surface area contributed by atoms with Crippen LogP contribution in [0.3, 0.4) is 0 Å². The molecule has 0 heterocycles. The average Bonchev–Trinajstić information content (AvgIpc) is 2.29. The molecule has 1 aromatic rings. The fourth-order valence-electron chi connectivity index (χ4n) is 1.06. The minimum atomic E-state index is -1.08. The molecular formula is C11H12O6. The minimum absolute atomic E-state index is 0.133. The number of ether oxygens (including phenoxy) is 1. The number of carbonyl (C=O) groups is 2. The Balaban J connectivity index is 2.41. The molecule has 0 unspecified atom stereocenters. The van der Waals surface area contributed by atoms with Crippen molar-refractivity contribution in [2.24, 2.45) is 0 Å². The Labute approximate surface area is 97.9 Å². The van der Waals surface area contributed by atoms with E-state index in [1.165, 1.54) is 0 Å². The van der Waals surface area contributed by atoms with Crippen LogP contribution in [0.2, 0.25) is 0 Å². The van der Waals surface area contributed by atoms with E-state index in [4.69, 9.17) is 0 Å². The van der Waals surface area contributed by atoms with E-state index in [2.05, 4.69) is 19.6 Å². The van der Waals surface area contributed by atoms with Crippen LogP contribution in [-0.2, 0) is 19.6 Å². The van der Waals surface area contributed by atoms with Gasteiger partial charge in [-0.3, -0.25) is 4.89 Å². The van der Waals surface area contributed by atoms with E-state index >= 15 is 0 Å². The maximum atomic E-state index is 11.4. The zero-order valence-electron chi connectivity index (χ0n) is 9.47. The van der Waals surface area contributed by atoms with Crippen molar-refractivity contribution in [1.82, 2.24) is 0 Å². The van der Waals surface area contributed by atoms with E-state index < -0.39 is 12.1 Å². The molecule has 0 aromatic heterocycles. The van der Waals surface area contributed by atoms with E-state index in [0.29, 0.717) is 5.56 Å². The van der Waals surface area contributed by atoms with Gasteiger partial charge < -0.3 is 4.74 Å². The van der Waals surface area contributed by atoms with Crippen molar-refractivity contribution in [1.29, 1.82) is 0 Å². The van der Waals surface area contributed by atoms with Crippen molar-refractivity contribution in [2.75, 3.05) is 6.61 Å². The van der Waals surface area contributed by atoms with Gasteiger partial charge in [-0.2, -0.15) is 0 Å². The predicted octanol–water partition coefficient (Wildman–Crippen LogP) is 2.17. The summed E-state index contributed by atoms with van der Waals surface area (Å²) in [5.74, 6) is -0.757. The first-order valence-electron chi connectivity index (χ1n) is 4.93. The van der Waals surface area contributed by atoms with Crippen LogP contribution in [-0.4, -0.2) is 18.7 Å². The van der Waals surface area contributed by atoms with Crippen molar-refractivity contribution in [3.63, 3.8) is 0 Å². The SMILES string of the molecule is CCOC(=O)OOOC(=O)c1ccccc1C. The number of benzene rings is 1. The van der Waals surface area contributed by atoms with Crippen LogP contribution >= 0.6 is 0 Å². The highest BCUT2D eigenvalue weighted by Gasteiger charge is 2.13. The van der Waals surface area contributed by atoms with Crippen LogP contribution in [0.15, 0.2) is 24.3 Å². The first kappa shape index (κ1) is 13.0. The summed E-state index contributed by atoms with van der Waals surface area (Å²) < 4.78 is 4.38. The molecule has 0 saturated carbocycles. The molecule has 6 nitrogen and oxygen atoms in total. The molecule has 17 heavy (non-hydrogen) atoms. The quantitative estimate of drug-likeness (QED) is 0.456. The van der Waals surface area contributed by atoms with Gasteiger partial charge in [-0.1, -0.05) is 18.2 Å². The van der Waals surface area contributed by atoms with Gasteiger partial charge in [0, 0.05) is 0 Å². The van der Waals surface area contributed by atoms with Crippen molar-refractivity contribution >= 4 is 12.1 Å². The lowest BCUT2D eigenvalue weighted by atomic mass is 10.1. The van der Waals surface area contributed by atoms with E-state index in [-0.39, 0.29) is 6.61 Å². The number of aryl methyl sites for hydroxylation is 1. The number of hydrogen-bond acceptors (Lipinski definition) is 6. The second-order valence-corrected chi connectivity index (χ2v) is 3.02. The highest BCUT2D eigenvalue weighted by Crippen LogP contribution is 2.08. The molecule has 0 aliphatic carbocycles. The van der Waals surface area contributed by atoms with Gasteiger partial charge in [0.2, 0.25) is 0 Å². The monoisotopic (exact) mass is 240 g/mol. The Bertz CT molecular complexity index is 401. The Morgan fingerprint density at radius 2 is 1.88 bits per heavy atom. The summed E-state index contributed by atoms with van der Waals surface area (Å²) in [6.07, 6.45) is -1.08. The van der Waals surface area contributed by atoms with E-state index in [1.807, 2.05) is 0 Å². The molecule has 0 spiro atoms. The number of rotatable bonds is 4. The maximum absolute atomic E-state index is 11.4. The van der Waals surface area contributed by atoms with Gasteiger partial charge >= 0.3 is 12.1 Å². The molecule has 0 N–H and O–H groups in total. The van der Waals surface area contributed by atoms with E-state index in [1.54, 1.807) is 38.1 Å². The third kappa shape index (κ3) is 4.12. The lowest BCUT2D eigenvalue weighted by Gasteiger charge is -2.03. The molecule has 0 bridgehead atoms. The van der Waals surface area contributed by atoms with Crippen LogP contribution < -0.4 is 0 Å². The molecule has 0 saturated heterocycles. The Kier molecular flexibility index (Phi) is 4.96. The van der Waals surface area contributed by atoms with Crippen molar-refractivity contribution in [3.05, 3.63) is 35.4 Å². The molecule has 0 aliphatic heterocycles. The first-order valence-corrected chi connectivity index (χ1v) is 4.93. The Hall–Kier alpha value is -2.08. The summed E-state index contributed by atoms with van der Waals surface area (Å²) >= 11 is 0. The lowest BCUT2D eigenvalue weighted by molar-refractivity contribution is -0.452. The van der Waals surface area contributed by atoms with Crippen molar-refractivity contribution in [3.8, 4) is 0 Å². The highest BCUT2D eigenvalue weighted by molar-refractivity contribution is 5.90. The summed E-state index contributed by atoms with van der Waals surface area (Å²) in [4.78, 5) is 30.4. The van der Waals surface area contributed by atoms with E-state index in [9.17, 15) is 9.59 Å². The van der Waals surface area contributed by atoms with Crippen LogP contribution in [0.4, 0.5) is 4.79 Å². The maximum Gasteiger partial charge on any atom is 0.543 e. The minimum Gasteiger partial charge on any atom is -0.433 e. The average molecular weight is 240 g/mol. The third-order valence-electron chi connectivity index (χ3n) is 1.84. The van der Waals surface area contributed by atoms with E-state index in [0.717, 1.165) is 5.56 Å². The van der Waals surface area contributed by atoms with Crippen LogP contribution in [0.25, 0.3) is 0 Å². The summed E-state index contributed by atoms with van der Waals surface area (Å²) in [6, 6.07) is 6.76. The second-order valence-electron chi connectivity index (χ2n) is 3.02. The molecular weight excluding hydrogens is 228 g/mol. The van der Waals surface area contributed by atoms with Gasteiger partial charge in [0.15, 0.2) is 0 Å². The summed E-state index contributed by atoms with van der Waals surface area (Å²) in [5, 5.41) is 4.00.